The van der Waals surface area contributed by atoms with Crippen LogP contribution >= 0.6 is 0 Å². The van der Waals surface area contributed by atoms with Crippen molar-refractivity contribution in [2.24, 2.45) is 0 Å². The minimum absolute atomic E-state index is 0.0785. The van der Waals surface area contributed by atoms with E-state index in [0.29, 0.717) is 19.1 Å². The van der Waals surface area contributed by atoms with Gasteiger partial charge in [0.2, 0.25) is 10.0 Å². The molecular weight excluding hydrogens is 256 g/mol. The van der Waals surface area contributed by atoms with Gasteiger partial charge in [-0.15, -0.1) is 0 Å². The first-order valence-electron chi connectivity index (χ1n) is 6.15. The SMILES string of the molecule is COC(OC)C(C)NC1CCN(S(C)(=O)=O)CC1. The van der Waals surface area contributed by atoms with Gasteiger partial charge >= 0.3 is 0 Å². The number of piperidine rings is 1. The molecule has 1 rings (SSSR count). The van der Waals surface area contributed by atoms with Gasteiger partial charge < -0.3 is 14.8 Å². The Labute approximate surface area is 110 Å². The van der Waals surface area contributed by atoms with Gasteiger partial charge in [0, 0.05) is 33.4 Å². The van der Waals surface area contributed by atoms with Crippen LogP contribution in [0.5, 0.6) is 0 Å². The summed E-state index contributed by atoms with van der Waals surface area (Å²) in [4.78, 5) is 0. The molecule has 1 saturated heterocycles. The molecule has 1 heterocycles. The minimum Gasteiger partial charge on any atom is -0.354 e. The third-order valence-corrected chi connectivity index (χ3v) is 4.60. The van der Waals surface area contributed by atoms with Crippen molar-refractivity contribution in [1.29, 1.82) is 0 Å². The highest BCUT2D eigenvalue weighted by molar-refractivity contribution is 7.88. The molecule has 1 aliphatic heterocycles. The van der Waals surface area contributed by atoms with E-state index in [-0.39, 0.29) is 12.3 Å². The molecule has 0 bridgehead atoms. The molecule has 7 heteroatoms. The quantitative estimate of drug-likeness (QED) is 0.694. The monoisotopic (exact) mass is 280 g/mol. The Bertz CT molecular complexity index is 335. The van der Waals surface area contributed by atoms with E-state index in [9.17, 15) is 8.42 Å². The predicted octanol–water partition coefficient (Wildman–Crippen LogP) is 0.00740. The first-order valence-corrected chi connectivity index (χ1v) is 8.00. The van der Waals surface area contributed by atoms with Crippen molar-refractivity contribution < 1.29 is 17.9 Å². The van der Waals surface area contributed by atoms with Gasteiger partial charge in [-0.05, 0) is 19.8 Å². The van der Waals surface area contributed by atoms with Crippen molar-refractivity contribution in [2.75, 3.05) is 33.6 Å². The van der Waals surface area contributed by atoms with Crippen LogP contribution < -0.4 is 5.32 Å². The summed E-state index contributed by atoms with van der Waals surface area (Å²) in [6.45, 7) is 3.16. The second-order valence-electron chi connectivity index (χ2n) is 4.73. The summed E-state index contributed by atoms with van der Waals surface area (Å²) in [6, 6.07) is 0.389. The standard InChI is InChI=1S/C11H24N2O4S/c1-9(11(16-2)17-3)12-10-5-7-13(8-6-10)18(4,14)15/h9-12H,5-8H2,1-4H3. The summed E-state index contributed by atoms with van der Waals surface area (Å²) in [6.07, 6.45) is 2.61. The molecular formula is C11H24N2O4S. The molecule has 1 aliphatic rings. The molecule has 0 aliphatic carbocycles. The Balaban J connectivity index is 2.40. The summed E-state index contributed by atoms with van der Waals surface area (Å²) in [5.74, 6) is 0. The highest BCUT2D eigenvalue weighted by atomic mass is 32.2. The van der Waals surface area contributed by atoms with E-state index >= 15 is 0 Å². The summed E-state index contributed by atoms with van der Waals surface area (Å²) < 4.78 is 34.7. The molecule has 0 spiro atoms. The van der Waals surface area contributed by atoms with E-state index in [1.165, 1.54) is 10.6 Å². The van der Waals surface area contributed by atoms with Crippen molar-refractivity contribution in [3.05, 3.63) is 0 Å². The van der Waals surface area contributed by atoms with Crippen LogP contribution in [-0.2, 0) is 19.5 Å². The average molecular weight is 280 g/mol. The van der Waals surface area contributed by atoms with E-state index in [4.69, 9.17) is 9.47 Å². The molecule has 18 heavy (non-hydrogen) atoms. The first-order chi connectivity index (χ1) is 8.38. The molecule has 0 saturated carbocycles. The van der Waals surface area contributed by atoms with Gasteiger partial charge in [0.1, 0.15) is 0 Å². The van der Waals surface area contributed by atoms with Gasteiger partial charge in [0.15, 0.2) is 6.29 Å². The molecule has 0 aromatic carbocycles. The first kappa shape index (κ1) is 15.8. The van der Waals surface area contributed by atoms with Gasteiger partial charge in [-0.2, -0.15) is 0 Å². The zero-order valence-electron chi connectivity index (χ0n) is 11.5. The molecule has 1 unspecified atom stereocenters. The molecule has 1 N–H and O–H groups in total. The Morgan fingerprint density at radius 3 is 2.11 bits per heavy atom. The number of rotatable bonds is 6. The van der Waals surface area contributed by atoms with Gasteiger partial charge in [0.25, 0.3) is 0 Å². The summed E-state index contributed by atoms with van der Waals surface area (Å²) in [5.41, 5.74) is 0. The van der Waals surface area contributed by atoms with Crippen molar-refractivity contribution >= 4 is 10.0 Å². The lowest BCUT2D eigenvalue weighted by molar-refractivity contribution is -0.121. The van der Waals surface area contributed by atoms with Crippen LogP contribution in [0.1, 0.15) is 19.8 Å². The van der Waals surface area contributed by atoms with Crippen molar-refractivity contribution in [1.82, 2.24) is 9.62 Å². The van der Waals surface area contributed by atoms with E-state index in [2.05, 4.69) is 5.32 Å². The van der Waals surface area contributed by atoms with E-state index < -0.39 is 10.0 Å². The Morgan fingerprint density at radius 2 is 1.72 bits per heavy atom. The topological polar surface area (TPSA) is 67.9 Å². The number of sulfonamides is 1. The minimum atomic E-state index is -3.05. The largest absolute Gasteiger partial charge is 0.354 e. The van der Waals surface area contributed by atoms with Gasteiger partial charge in [-0.3, -0.25) is 0 Å². The molecule has 108 valence electrons. The van der Waals surface area contributed by atoms with Crippen LogP contribution in [0.15, 0.2) is 0 Å². The molecule has 0 amide bonds. The van der Waals surface area contributed by atoms with Gasteiger partial charge in [-0.25, -0.2) is 12.7 Å². The van der Waals surface area contributed by atoms with Crippen LogP contribution in [0.3, 0.4) is 0 Å². The normalized spacial score (nSPS) is 21.4. The molecule has 0 aromatic heterocycles. The zero-order valence-corrected chi connectivity index (χ0v) is 12.4. The Hall–Kier alpha value is -0.210. The number of nitrogens with one attached hydrogen (secondary N) is 1. The fourth-order valence-corrected chi connectivity index (χ4v) is 3.18. The third kappa shape index (κ3) is 4.47. The molecule has 1 fully saturated rings. The van der Waals surface area contributed by atoms with E-state index in [0.717, 1.165) is 12.8 Å². The Morgan fingerprint density at radius 1 is 1.22 bits per heavy atom. The molecule has 1 atom stereocenters. The second kappa shape index (κ2) is 6.81. The summed E-state index contributed by atoms with van der Waals surface area (Å²) >= 11 is 0. The van der Waals surface area contributed by atoms with E-state index in [1.807, 2.05) is 6.92 Å². The van der Waals surface area contributed by atoms with Crippen LogP contribution in [0.2, 0.25) is 0 Å². The van der Waals surface area contributed by atoms with Crippen molar-refractivity contribution in [3.8, 4) is 0 Å². The maximum atomic E-state index is 11.4. The lowest BCUT2D eigenvalue weighted by atomic mass is 10.1. The smallest absolute Gasteiger partial charge is 0.211 e. The fraction of sp³-hybridized carbons (Fsp3) is 1.00. The maximum absolute atomic E-state index is 11.4. The Kier molecular flexibility index (Phi) is 6.00. The predicted molar refractivity (Wildman–Crippen MR) is 69.8 cm³/mol. The summed E-state index contributed by atoms with van der Waals surface area (Å²) in [5, 5.41) is 3.42. The van der Waals surface area contributed by atoms with E-state index in [1.54, 1.807) is 14.2 Å². The second-order valence-corrected chi connectivity index (χ2v) is 6.71. The lowest BCUT2D eigenvalue weighted by Crippen LogP contribution is -2.50. The van der Waals surface area contributed by atoms with Crippen LogP contribution in [0.25, 0.3) is 0 Å². The zero-order chi connectivity index (χ0) is 13.8. The lowest BCUT2D eigenvalue weighted by Gasteiger charge is -2.33. The van der Waals surface area contributed by atoms with Crippen LogP contribution in [0.4, 0.5) is 0 Å². The average Bonchev–Trinajstić information content (AvgIpc) is 2.30. The molecule has 0 aromatic rings. The third-order valence-electron chi connectivity index (χ3n) is 3.29. The number of hydrogen-bond acceptors (Lipinski definition) is 5. The van der Waals surface area contributed by atoms with Gasteiger partial charge in [-0.1, -0.05) is 0 Å². The molecule has 0 radical (unpaired) electrons. The maximum Gasteiger partial charge on any atom is 0.211 e. The van der Waals surface area contributed by atoms with Gasteiger partial charge in [0.05, 0.1) is 12.3 Å². The van der Waals surface area contributed by atoms with Crippen LogP contribution in [0, 0.1) is 0 Å². The molecule has 6 nitrogen and oxygen atoms in total. The van der Waals surface area contributed by atoms with Crippen LogP contribution in [-0.4, -0.2) is 64.7 Å². The highest BCUT2D eigenvalue weighted by Crippen LogP contribution is 2.14. The summed E-state index contributed by atoms with van der Waals surface area (Å²) in [7, 11) is 0.172. The fourth-order valence-electron chi connectivity index (χ4n) is 2.31. The number of ether oxygens (including phenoxy) is 2. The highest BCUT2D eigenvalue weighted by Gasteiger charge is 2.27. The number of nitrogens with zero attached hydrogens (tertiary/aromatic N) is 1. The number of hydrogen-bond donors (Lipinski definition) is 1. The number of methoxy groups -OCH3 is 2. The van der Waals surface area contributed by atoms with Crippen molar-refractivity contribution in [2.45, 2.75) is 38.1 Å². The van der Waals surface area contributed by atoms with Crippen molar-refractivity contribution in [3.63, 3.8) is 0 Å².